The summed E-state index contributed by atoms with van der Waals surface area (Å²) in [6.45, 7) is 2.08. The molecule has 0 amide bonds. The van der Waals surface area contributed by atoms with Crippen LogP contribution in [0.2, 0.25) is 0 Å². The topological polar surface area (TPSA) is 54.5 Å². The van der Waals surface area contributed by atoms with E-state index in [0.29, 0.717) is 0 Å². The number of H-pyrrole nitrogens is 1. The third-order valence-corrected chi connectivity index (χ3v) is 3.81. The second kappa shape index (κ2) is 3.86. The maximum absolute atomic E-state index is 4.63. The van der Waals surface area contributed by atoms with E-state index in [1.54, 1.807) is 0 Å². The largest absolute Gasteiger partial charge is 0.338 e. The summed E-state index contributed by atoms with van der Waals surface area (Å²) in [6.07, 6.45) is 0. The van der Waals surface area contributed by atoms with Gasteiger partial charge in [0.05, 0.1) is 22.8 Å². The molecule has 0 saturated heterocycles. The normalized spacial score (nSPS) is 11.4. The Bertz CT molecular complexity index is 891. The van der Waals surface area contributed by atoms with Crippen LogP contribution in [-0.2, 0) is 0 Å². The average molecular weight is 266 g/mol. The molecule has 19 heavy (non-hydrogen) atoms. The monoisotopic (exact) mass is 266 g/mol. The van der Waals surface area contributed by atoms with Crippen molar-refractivity contribution in [1.82, 2.24) is 18.7 Å². The number of aromatic amines is 1. The number of hydrogen-bond donors (Lipinski definition) is 1. The summed E-state index contributed by atoms with van der Waals surface area (Å²) in [4.78, 5) is 8.02. The van der Waals surface area contributed by atoms with Crippen molar-refractivity contribution in [2.24, 2.45) is 0 Å². The van der Waals surface area contributed by atoms with Gasteiger partial charge in [0.2, 0.25) is 0 Å². The van der Waals surface area contributed by atoms with E-state index in [-0.39, 0.29) is 0 Å². The van der Waals surface area contributed by atoms with Crippen LogP contribution in [0.1, 0.15) is 5.56 Å². The van der Waals surface area contributed by atoms with Crippen molar-refractivity contribution in [3.8, 4) is 11.4 Å². The lowest BCUT2D eigenvalue weighted by atomic mass is 10.2. The first-order valence-corrected chi connectivity index (χ1v) is 6.72. The first kappa shape index (κ1) is 10.6. The molecule has 0 atom stereocenters. The van der Waals surface area contributed by atoms with Crippen LogP contribution in [0.5, 0.6) is 0 Å². The second-order valence-corrected chi connectivity index (χ2v) is 5.05. The zero-order valence-electron chi connectivity index (χ0n) is 10.2. The molecule has 0 saturated carbocycles. The number of benzene rings is 2. The molecule has 5 heteroatoms. The van der Waals surface area contributed by atoms with Crippen LogP contribution in [0.25, 0.3) is 33.5 Å². The van der Waals surface area contributed by atoms with Gasteiger partial charge in [0.15, 0.2) is 0 Å². The number of fused-ring (bicyclic) bond motifs is 2. The Morgan fingerprint density at radius 3 is 2.79 bits per heavy atom. The van der Waals surface area contributed by atoms with Crippen LogP contribution in [-0.4, -0.2) is 18.7 Å². The molecule has 1 N–H and O–H groups in total. The Morgan fingerprint density at radius 2 is 1.89 bits per heavy atom. The highest BCUT2D eigenvalue weighted by Crippen LogP contribution is 2.24. The first-order chi connectivity index (χ1) is 9.31. The second-order valence-electron chi connectivity index (χ2n) is 4.52. The predicted octanol–water partition coefficient (Wildman–Crippen LogP) is 3.54. The Hall–Kier alpha value is -2.27. The smallest absolute Gasteiger partial charge is 0.138 e. The number of rotatable bonds is 1. The quantitative estimate of drug-likeness (QED) is 0.573. The van der Waals surface area contributed by atoms with E-state index < -0.39 is 0 Å². The fourth-order valence-corrected chi connectivity index (χ4v) is 2.76. The number of para-hydroxylation sites is 1. The van der Waals surface area contributed by atoms with Crippen LogP contribution < -0.4 is 0 Å². The molecule has 92 valence electrons. The fourth-order valence-electron chi connectivity index (χ4n) is 2.24. The minimum absolute atomic E-state index is 0.874. The zero-order valence-corrected chi connectivity index (χ0v) is 11.0. The maximum Gasteiger partial charge on any atom is 0.138 e. The van der Waals surface area contributed by atoms with Crippen molar-refractivity contribution in [1.29, 1.82) is 0 Å². The summed E-state index contributed by atoms with van der Waals surface area (Å²) in [7, 11) is 0. The molecule has 0 aliphatic rings. The van der Waals surface area contributed by atoms with Gasteiger partial charge in [0.25, 0.3) is 0 Å². The molecule has 0 bridgehead atoms. The molecule has 0 aliphatic carbocycles. The Balaban J connectivity index is 1.95. The van der Waals surface area contributed by atoms with Gasteiger partial charge in [-0.3, -0.25) is 0 Å². The highest BCUT2D eigenvalue weighted by atomic mass is 32.1. The number of aromatic nitrogens is 4. The molecular weight excluding hydrogens is 256 g/mol. The van der Waals surface area contributed by atoms with E-state index in [1.165, 1.54) is 17.3 Å². The van der Waals surface area contributed by atoms with Gasteiger partial charge in [-0.15, -0.1) is 0 Å². The molecule has 0 spiro atoms. The summed E-state index contributed by atoms with van der Waals surface area (Å²) in [5.41, 5.74) is 6.17. The Labute approximate surface area is 113 Å². The molecule has 4 aromatic rings. The van der Waals surface area contributed by atoms with E-state index in [2.05, 4.69) is 31.7 Å². The van der Waals surface area contributed by atoms with Crippen molar-refractivity contribution in [2.45, 2.75) is 6.92 Å². The number of imidazole rings is 1. The summed E-state index contributed by atoms with van der Waals surface area (Å²) in [5.74, 6) is 0.874. The molecule has 2 heterocycles. The lowest BCUT2D eigenvalue weighted by Gasteiger charge is -1.95. The highest BCUT2D eigenvalue weighted by molar-refractivity contribution is 7.00. The maximum atomic E-state index is 4.63. The molecule has 4 nitrogen and oxygen atoms in total. The molecule has 0 unspecified atom stereocenters. The molecule has 4 rings (SSSR count). The van der Waals surface area contributed by atoms with Gasteiger partial charge in [-0.25, -0.2) is 4.98 Å². The molecule has 0 radical (unpaired) electrons. The molecule has 2 aromatic heterocycles. The number of hydrogen-bond acceptors (Lipinski definition) is 4. The minimum atomic E-state index is 0.874. The van der Waals surface area contributed by atoms with Crippen LogP contribution >= 0.6 is 11.7 Å². The van der Waals surface area contributed by atoms with Crippen molar-refractivity contribution < 1.29 is 0 Å². The van der Waals surface area contributed by atoms with Gasteiger partial charge in [-0.1, -0.05) is 12.1 Å². The summed E-state index contributed by atoms with van der Waals surface area (Å²) >= 11 is 1.23. The molecule has 2 aromatic carbocycles. The zero-order chi connectivity index (χ0) is 12.8. The summed E-state index contributed by atoms with van der Waals surface area (Å²) < 4.78 is 8.48. The van der Waals surface area contributed by atoms with Crippen LogP contribution in [0.4, 0.5) is 0 Å². The summed E-state index contributed by atoms with van der Waals surface area (Å²) in [6, 6.07) is 12.1. The third-order valence-electron chi connectivity index (χ3n) is 3.25. The Kier molecular flexibility index (Phi) is 2.16. The molecule has 0 fully saturated rings. The van der Waals surface area contributed by atoms with Gasteiger partial charge in [0, 0.05) is 5.56 Å². The number of nitrogens with zero attached hydrogens (tertiary/aromatic N) is 3. The van der Waals surface area contributed by atoms with Gasteiger partial charge >= 0.3 is 0 Å². The molecule has 0 aliphatic heterocycles. The molecular formula is C14H10N4S. The van der Waals surface area contributed by atoms with E-state index in [9.17, 15) is 0 Å². The van der Waals surface area contributed by atoms with Gasteiger partial charge in [0.1, 0.15) is 16.9 Å². The third kappa shape index (κ3) is 1.62. The predicted molar refractivity (Wildman–Crippen MR) is 77.2 cm³/mol. The highest BCUT2D eigenvalue weighted by Gasteiger charge is 2.08. The number of aryl methyl sites for hydroxylation is 1. The summed E-state index contributed by atoms with van der Waals surface area (Å²) in [5, 5.41) is 0. The van der Waals surface area contributed by atoms with Crippen molar-refractivity contribution in [2.75, 3.05) is 0 Å². The number of nitrogens with one attached hydrogen (secondary N) is 1. The Morgan fingerprint density at radius 1 is 1.00 bits per heavy atom. The van der Waals surface area contributed by atoms with Crippen molar-refractivity contribution in [3.63, 3.8) is 0 Å². The van der Waals surface area contributed by atoms with Crippen molar-refractivity contribution >= 4 is 33.8 Å². The lowest BCUT2D eigenvalue weighted by Crippen LogP contribution is -1.80. The van der Waals surface area contributed by atoms with E-state index in [4.69, 9.17) is 0 Å². The van der Waals surface area contributed by atoms with Crippen molar-refractivity contribution in [3.05, 3.63) is 42.0 Å². The average Bonchev–Trinajstić information content (AvgIpc) is 3.04. The van der Waals surface area contributed by atoms with Gasteiger partial charge in [-0.2, -0.15) is 8.75 Å². The van der Waals surface area contributed by atoms with Crippen LogP contribution in [0.3, 0.4) is 0 Å². The lowest BCUT2D eigenvalue weighted by molar-refractivity contribution is 1.33. The van der Waals surface area contributed by atoms with Crippen LogP contribution in [0.15, 0.2) is 36.4 Å². The first-order valence-electron chi connectivity index (χ1n) is 5.99. The minimum Gasteiger partial charge on any atom is -0.338 e. The van der Waals surface area contributed by atoms with E-state index >= 15 is 0 Å². The SMILES string of the molecule is Cc1cccc2nc(-c3ccc4nsnc4c3)[nH]c12. The van der Waals surface area contributed by atoms with Crippen LogP contribution in [0, 0.1) is 6.92 Å². The van der Waals surface area contributed by atoms with E-state index in [1.807, 2.05) is 30.3 Å². The van der Waals surface area contributed by atoms with Gasteiger partial charge < -0.3 is 4.98 Å². The standard InChI is InChI=1S/C14H10N4S/c1-8-3-2-4-11-13(8)16-14(15-11)9-5-6-10-12(7-9)18-19-17-10/h2-7H,1H3,(H,15,16). The van der Waals surface area contributed by atoms with E-state index in [0.717, 1.165) is 33.5 Å². The fraction of sp³-hybridized carbons (Fsp3) is 0.0714. The van der Waals surface area contributed by atoms with Gasteiger partial charge in [-0.05, 0) is 36.8 Å².